The number of amides is 1. The number of aromatic nitrogens is 2. The Labute approximate surface area is 174 Å². The van der Waals surface area contributed by atoms with Gasteiger partial charge in [-0.15, -0.1) is 10.2 Å². The number of hydrogen-bond acceptors (Lipinski definition) is 7. The summed E-state index contributed by atoms with van der Waals surface area (Å²) in [5, 5.41) is 11.3. The van der Waals surface area contributed by atoms with Crippen LogP contribution in [0.3, 0.4) is 0 Å². The topological polar surface area (TPSA) is 92.3 Å². The van der Waals surface area contributed by atoms with Crippen LogP contribution in [0.25, 0.3) is 0 Å². The second kappa shape index (κ2) is 9.34. The summed E-state index contributed by atoms with van der Waals surface area (Å²) in [6.07, 6.45) is 2.35. The van der Waals surface area contributed by atoms with Gasteiger partial charge in [0.2, 0.25) is 21.1 Å². The first-order chi connectivity index (χ1) is 13.4. The molecule has 0 unspecified atom stereocenters. The highest BCUT2D eigenvalue weighted by Gasteiger charge is 2.33. The van der Waals surface area contributed by atoms with E-state index < -0.39 is 15.9 Å². The molecule has 2 aromatic rings. The van der Waals surface area contributed by atoms with Crippen LogP contribution in [0.4, 0.5) is 5.13 Å². The van der Waals surface area contributed by atoms with Crippen molar-refractivity contribution >= 4 is 44.2 Å². The molecule has 0 bridgehead atoms. The van der Waals surface area contributed by atoms with Gasteiger partial charge >= 0.3 is 0 Å². The van der Waals surface area contributed by atoms with E-state index in [0.717, 1.165) is 22.1 Å². The van der Waals surface area contributed by atoms with Crippen LogP contribution in [0.1, 0.15) is 31.7 Å². The third kappa shape index (κ3) is 5.11. The van der Waals surface area contributed by atoms with Gasteiger partial charge in [-0.05, 0) is 38.3 Å². The van der Waals surface area contributed by atoms with E-state index in [1.165, 1.54) is 15.6 Å². The predicted molar refractivity (Wildman–Crippen MR) is 112 cm³/mol. The lowest BCUT2D eigenvalue weighted by Crippen LogP contribution is -2.43. The van der Waals surface area contributed by atoms with Gasteiger partial charge in [-0.3, -0.25) is 4.79 Å². The summed E-state index contributed by atoms with van der Waals surface area (Å²) in [7, 11) is -3.60. The van der Waals surface area contributed by atoms with Gasteiger partial charge in [-0.25, -0.2) is 8.42 Å². The highest BCUT2D eigenvalue weighted by molar-refractivity contribution is 8.01. The monoisotopic (exact) mass is 440 g/mol. The molecule has 1 amide bonds. The van der Waals surface area contributed by atoms with Crippen molar-refractivity contribution < 1.29 is 13.2 Å². The Bertz CT molecular complexity index is 912. The first-order valence-electron chi connectivity index (χ1n) is 9.24. The minimum absolute atomic E-state index is 0.179. The van der Waals surface area contributed by atoms with E-state index in [4.69, 9.17) is 0 Å². The number of sulfonamides is 1. The second-order valence-electron chi connectivity index (χ2n) is 6.73. The van der Waals surface area contributed by atoms with E-state index >= 15 is 0 Å². The van der Waals surface area contributed by atoms with Crippen LogP contribution in [0.5, 0.6) is 0 Å². The zero-order chi connectivity index (χ0) is 20.1. The van der Waals surface area contributed by atoms with Crippen molar-refractivity contribution in [1.29, 1.82) is 0 Å². The van der Waals surface area contributed by atoms with Crippen molar-refractivity contribution in [3.63, 3.8) is 0 Å². The molecule has 0 saturated carbocycles. The SMILES string of the molecule is CCCSc1nnc(NC(=O)[C@H]2CCCN(S(=O)(=O)c3ccc(C)cc3)C2)s1. The molecule has 7 nitrogen and oxygen atoms in total. The largest absolute Gasteiger partial charge is 0.300 e. The van der Waals surface area contributed by atoms with Crippen molar-refractivity contribution in [2.45, 2.75) is 42.3 Å². The van der Waals surface area contributed by atoms with Crippen LogP contribution in [0, 0.1) is 12.8 Å². The molecule has 1 N–H and O–H groups in total. The Hall–Kier alpha value is -1.49. The number of thioether (sulfide) groups is 1. The molecular weight excluding hydrogens is 416 g/mol. The number of benzene rings is 1. The van der Waals surface area contributed by atoms with Crippen molar-refractivity contribution in [2.24, 2.45) is 5.92 Å². The molecule has 3 rings (SSSR count). The fourth-order valence-electron chi connectivity index (χ4n) is 2.95. The van der Waals surface area contributed by atoms with Gasteiger partial charge in [0.05, 0.1) is 10.8 Å². The maximum atomic E-state index is 12.9. The van der Waals surface area contributed by atoms with Crippen LogP contribution < -0.4 is 5.32 Å². The number of hydrogen-bond donors (Lipinski definition) is 1. The van der Waals surface area contributed by atoms with E-state index in [1.807, 2.05) is 6.92 Å². The van der Waals surface area contributed by atoms with E-state index in [1.54, 1.807) is 36.0 Å². The lowest BCUT2D eigenvalue weighted by atomic mass is 9.99. The summed E-state index contributed by atoms with van der Waals surface area (Å²) in [4.78, 5) is 12.9. The van der Waals surface area contributed by atoms with Crippen LogP contribution in [-0.4, -0.2) is 47.7 Å². The molecule has 1 fully saturated rings. The third-order valence-electron chi connectivity index (χ3n) is 4.48. The first kappa shape index (κ1) is 21.2. The zero-order valence-electron chi connectivity index (χ0n) is 15.9. The second-order valence-corrected chi connectivity index (χ2v) is 11.0. The van der Waals surface area contributed by atoms with Crippen LogP contribution >= 0.6 is 23.1 Å². The average Bonchev–Trinajstić information content (AvgIpc) is 3.14. The number of rotatable bonds is 7. The number of carbonyl (C=O) groups is 1. The third-order valence-corrected chi connectivity index (χ3v) is 8.54. The maximum absolute atomic E-state index is 12.9. The molecule has 1 atom stereocenters. The number of piperidine rings is 1. The summed E-state index contributed by atoms with van der Waals surface area (Å²) in [5.74, 6) is 0.355. The molecule has 0 radical (unpaired) electrons. The van der Waals surface area contributed by atoms with Crippen LogP contribution in [0.2, 0.25) is 0 Å². The van der Waals surface area contributed by atoms with Crippen molar-refractivity contribution in [3.05, 3.63) is 29.8 Å². The highest BCUT2D eigenvalue weighted by atomic mass is 32.2. The molecule has 0 spiro atoms. The quantitative estimate of drug-likeness (QED) is 0.524. The Morgan fingerprint density at radius 1 is 1.32 bits per heavy atom. The number of anilines is 1. The minimum atomic E-state index is -3.60. The summed E-state index contributed by atoms with van der Waals surface area (Å²) in [6, 6.07) is 6.80. The van der Waals surface area contributed by atoms with Crippen LogP contribution in [0.15, 0.2) is 33.5 Å². The summed E-state index contributed by atoms with van der Waals surface area (Å²) < 4.78 is 28.0. The zero-order valence-corrected chi connectivity index (χ0v) is 18.4. The van der Waals surface area contributed by atoms with Crippen molar-refractivity contribution in [1.82, 2.24) is 14.5 Å². The van der Waals surface area contributed by atoms with Gasteiger partial charge in [-0.1, -0.05) is 47.7 Å². The van der Waals surface area contributed by atoms with E-state index in [-0.39, 0.29) is 17.3 Å². The van der Waals surface area contributed by atoms with E-state index in [0.29, 0.717) is 24.5 Å². The highest BCUT2D eigenvalue weighted by Crippen LogP contribution is 2.28. The summed E-state index contributed by atoms with van der Waals surface area (Å²) >= 11 is 2.96. The maximum Gasteiger partial charge on any atom is 0.243 e. The lowest BCUT2D eigenvalue weighted by Gasteiger charge is -2.31. The van der Waals surface area contributed by atoms with E-state index in [2.05, 4.69) is 22.4 Å². The Morgan fingerprint density at radius 3 is 2.79 bits per heavy atom. The molecule has 1 saturated heterocycles. The summed E-state index contributed by atoms with van der Waals surface area (Å²) in [6.45, 7) is 4.61. The number of nitrogens with one attached hydrogen (secondary N) is 1. The first-order valence-corrected chi connectivity index (χ1v) is 12.5. The smallest absolute Gasteiger partial charge is 0.243 e. The molecular formula is C18H24N4O3S3. The summed E-state index contributed by atoms with van der Waals surface area (Å²) in [5.41, 5.74) is 1.00. The Balaban J connectivity index is 1.64. The molecule has 0 aliphatic carbocycles. The van der Waals surface area contributed by atoms with Gasteiger partial charge in [0.1, 0.15) is 0 Å². The molecule has 1 aromatic heterocycles. The van der Waals surface area contributed by atoms with Gasteiger partial charge in [0, 0.05) is 18.8 Å². The van der Waals surface area contributed by atoms with Crippen molar-refractivity contribution in [3.8, 4) is 0 Å². The fraction of sp³-hybridized carbons (Fsp3) is 0.500. The Kier molecular flexibility index (Phi) is 7.08. The number of nitrogens with zero attached hydrogens (tertiary/aromatic N) is 3. The predicted octanol–water partition coefficient (Wildman–Crippen LogP) is 3.39. The molecule has 1 aliphatic heterocycles. The van der Waals surface area contributed by atoms with Gasteiger partial charge in [-0.2, -0.15) is 4.31 Å². The Morgan fingerprint density at radius 2 is 2.07 bits per heavy atom. The molecule has 10 heteroatoms. The molecule has 1 aliphatic rings. The normalized spacial score (nSPS) is 18.1. The van der Waals surface area contributed by atoms with Crippen LogP contribution in [-0.2, 0) is 14.8 Å². The lowest BCUT2D eigenvalue weighted by molar-refractivity contribution is -0.120. The molecule has 152 valence electrons. The van der Waals surface area contributed by atoms with E-state index in [9.17, 15) is 13.2 Å². The fourth-order valence-corrected chi connectivity index (χ4v) is 6.15. The van der Waals surface area contributed by atoms with Gasteiger partial charge < -0.3 is 5.32 Å². The number of aryl methyl sites for hydroxylation is 1. The molecule has 28 heavy (non-hydrogen) atoms. The molecule has 2 heterocycles. The van der Waals surface area contributed by atoms with Crippen molar-refractivity contribution in [2.75, 3.05) is 24.2 Å². The van der Waals surface area contributed by atoms with Gasteiger partial charge in [0.25, 0.3) is 0 Å². The minimum Gasteiger partial charge on any atom is -0.300 e. The molecule has 1 aromatic carbocycles. The standard InChI is InChI=1S/C18H24N4O3S3/c1-3-11-26-18-21-20-17(27-18)19-16(23)14-5-4-10-22(12-14)28(24,25)15-8-6-13(2)7-9-15/h6-9,14H,3-5,10-12H2,1-2H3,(H,19,20,23)/t14-/m0/s1. The average molecular weight is 441 g/mol. The van der Waals surface area contributed by atoms with Gasteiger partial charge in [0.15, 0.2) is 4.34 Å². The number of carbonyl (C=O) groups excluding carboxylic acids is 1.